The quantitative estimate of drug-likeness (QED) is 0.644. The molecule has 0 heterocycles. The molecule has 0 aromatic carbocycles. The van der Waals surface area contributed by atoms with Crippen molar-refractivity contribution in [3.63, 3.8) is 0 Å². The van der Waals surface area contributed by atoms with E-state index in [1.165, 1.54) is 6.42 Å². The molecular formula is C11H22N2O2. The Balaban J connectivity index is 1.98. The smallest absolute Gasteiger partial charge is 0.234 e. The van der Waals surface area contributed by atoms with Crippen LogP contribution in [0.3, 0.4) is 0 Å². The molecule has 0 aliphatic heterocycles. The van der Waals surface area contributed by atoms with Crippen molar-refractivity contribution in [3.8, 4) is 0 Å². The average Bonchev–Trinajstić information content (AvgIpc) is 2.82. The summed E-state index contributed by atoms with van der Waals surface area (Å²) in [4.78, 5) is 11.4. The molecule has 1 amide bonds. The Hall–Kier alpha value is -0.610. The average molecular weight is 214 g/mol. The number of methoxy groups -OCH3 is 1. The van der Waals surface area contributed by atoms with E-state index in [9.17, 15) is 4.79 Å². The van der Waals surface area contributed by atoms with Crippen LogP contribution in [0.15, 0.2) is 0 Å². The molecule has 0 aromatic heterocycles. The van der Waals surface area contributed by atoms with Gasteiger partial charge in [-0.15, -0.1) is 0 Å². The first-order chi connectivity index (χ1) is 7.13. The Labute approximate surface area is 91.8 Å². The molecule has 1 saturated carbocycles. The highest BCUT2D eigenvalue weighted by molar-refractivity contribution is 5.78. The number of rotatable bonds is 7. The second-order valence-corrected chi connectivity index (χ2v) is 4.53. The number of hydrogen-bond acceptors (Lipinski definition) is 3. The first kappa shape index (κ1) is 12.5. The Kier molecular flexibility index (Phi) is 5.05. The van der Waals surface area contributed by atoms with E-state index in [0.717, 1.165) is 18.4 Å². The predicted molar refractivity (Wildman–Crippen MR) is 59.6 cm³/mol. The predicted octanol–water partition coefficient (Wildman–Crippen LogP) is 0.383. The number of amides is 1. The van der Waals surface area contributed by atoms with Crippen LogP contribution < -0.4 is 10.6 Å². The summed E-state index contributed by atoms with van der Waals surface area (Å²) in [6.07, 6.45) is 1.30. The Morgan fingerprint density at radius 3 is 2.80 bits per heavy atom. The molecule has 1 aliphatic rings. The van der Waals surface area contributed by atoms with Gasteiger partial charge in [0, 0.05) is 13.2 Å². The third-order valence-electron chi connectivity index (χ3n) is 2.79. The van der Waals surface area contributed by atoms with E-state index < -0.39 is 0 Å². The summed E-state index contributed by atoms with van der Waals surface area (Å²) in [7, 11) is 1.63. The van der Waals surface area contributed by atoms with Gasteiger partial charge in [-0.25, -0.2) is 0 Å². The highest BCUT2D eigenvalue weighted by Gasteiger charge is 2.31. The van der Waals surface area contributed by atoms with Gasteiger partial charge < -0.3 is 15.4 Å². The molecule has 3 unspecified atom stereocenters. The Morgan fingerprint density at radius 1 is 1.60 bits per heavy atom. The van der Waals surface area contributed by atoms with Crippen LogP contribution in [0.25, 0.3) is 0 Å². The van der Waals surface area contributed by atoms with Gasteiger partial charge in [-0.05, 0) is 31.7 Å². The molecule has 0 aromatic rings. The summed E-state index contributed by atoms with van der Waals surface area (Å²) in [5, 5.41) is 6.03. The minimum atomic E-state index is 0.0489. The molecule has 1 rings (SSSR count). The largest absolute Gasteiger partial charge is 0.383 e. The number of ether oxygens (including phenoxy) is 1. The van der Waals surface area contributed by atoms with Crippen LogP contribution in [-0.2, 0) is 9.53 Å². The molecule has 1 fully saturated rings. The number of carbonyl (C=O) groups is 1. The fraction of sp³-hybridized carbons (Fsp3) is 0.909. The van der Waals surface area contributed by atoms with Crippen molar-refractivity contribution in [2.45, 2.75) is 26.3 Å². The summed E-state index contributed by atoms with van der Waals surface area (Å²) < 4.78 is 4.94. The van der Waals surface area contributed by atoms with Crippen molar-refractivity contribution in [3.05, 3.63) is 0 Å². The molecule has 4 nitrogen and oxygen atoms in total. The summed E-state index contributed by atoms with van der Waals surface area (Å²) >= 11 is 0. The summed E-state index contributed by atoms with van der Waals surface area (Å²) in [6.45, 7) is 6.12. The third kappa shape index (κ3) is 5.14. The van der Waals surface area contributed by atoms with E-state index in [-0.39, 0.29) is 11.9 Å². The first-order valence-electron chi connectivity index (χ1n) is 5.62. The normalized spacial score (nSPS) is 26.1. The number of carbonyl (C=O) groups excluding carboxylic acids is 1. The maximum Gasteiger partial charge on any atom is 0.234 e. The van der Waals surface area contributed by atoms with Crippen molar-refractivity contribution in [1.82, 2.24) is 10.6 Å². The molecule has 1 aliphatic carbocycles. The van der Waals surface area contributed by atoms with E-state index in [1.54, 1.807) is 7.11 Å². The highest BCUT2D eigenvalue weighted by atomic mass is 16.5. The Bertz CT molecular complexity index is 209. The van der Waals surface area contributed by atoms with Gasteiger partial charge in [0.1, 0.15) is 0 Å². The van der Waals surface area contributed by atoms with E-state index >= 15 is 0 Å². The standard InChI is InChI=1S/C11H22N2O2/c1-8-4-10(8)5-12-6-11(14)13-9(2)7-15-3/h8-10,12H,4-7H2,1-3H3,(H,13,14). The van der Waals surface area contributed by atoms with Gasteiger partial charge in [0.15, 0.2) is 0 Å². The lowest BCUT2D eigenvalue weighted by atomic mass is 10.3. The third-order valence-corrected chi connectivity index (χ3v) is 2.79. The van der Waals surface area contributed by atoms with Crippen LogP contribution in [0.5, 0.6) is 0 Å². The molecule has 88 valence electrons. The van der Waals surface area contributed by atoms with E-state index in [2.05, 4.69) is 17.6 Å². The molecule has 2 N–H and O–H groups in total. The molecule has 15 heavy (non-hydrogen) atoms. The van der Waals surface area contributed by atoms with Crippen molar-refractivity contribution >= 4 is 5.91 Å². The minimum absolute atomic E-state index is 0.0489. The van der Waals surface area contributed by atoms with Crippen LogP contribution in [0.4, 0.5) is 0 Å². The van der Waals surface area contributed by atoms with Gasteiger partial charge >= 0.3 is 0 Å². The minimum Gasteiger partial charge on any atom is -0.383 e. The summed E-state index contributed by atoms with van der Waals surface area (Å²) in [6, 6.07) is 0.0872. The van der Waals surface area contributed by atoms with Gasteiger partial charge in [-0.1, -0.05) is 6.92 Å². The zero-order chi connectivity index (χ0) is 11.3. The molecule has 3 atom stereocenters. The number of nitrogens with one attached hydrogen (secondary N) is 2. The highest BCUT2D eigenvalue weighted by Crippen LogP contribution is 2.36. The van der Waals surface area contributed by atoms with Crippen molar-refractivity contribution in [2.24, 2.45) is 11.8 Å². The van der Waals surface area contributed by atoms with E-state index in [4.69, 9.17) is 4.74 Å². The van der Waals surface area contributed by atoms with E-state index in [1.807, 2.05) is 6.92 Å². The maximum atomic E-state index is 11.4. The van der Waals surface area contributed by atoms with Crippen LogP contribution in [0.2, 0.25) is 0 Å². The second kappa shape index (κ2) is 6.08. The summed E-state index contributed by atoms with van der Waals surface area (Å²) in [5.74, 6) is 1.68. The Morgan fingerprint density at radius 2 is 2.27 bits per heavy atom. The zero-order valence-corrected chi connectivity index (χ0v) is 9.88. The molecular weight excluding hydrogens is 192 g/mol. The van der Waals surface area contributed by atoms with Crippen molar-refractivity contribution < 1.29 is 9.53 Å². The van der Waals surface area contributed by atoms with E-state index in [0.29, 0.717) is 13.2 Å². The summed E-state index contributed by atoms with van der Waals surface area (Å²) in [5.41, 5.74) is 0. The van der Waals surface area contributed by atoms with Crippen molar-refractivity contribution in [1.29, 1.82) is 0 Å². The molecule has 0 spiro atoms. The molecule has 0 radical (unpaired) electrons. The lowest BCUT2D eigenvalue weighted by Gasteiger charge is -2.12. The maximum absolute atomic E-state index is 11.4. The van der Waals surface area contributed by atoms with Crippen LogP contribution in [0.1, 0.15) is 20.3 Å². The van der Waals surface area contributed by atoms with Gasteiger partial charge in [0.25, 0.3) is 0 Å². The SMILES string of the molecule is COCC(C)NC(=O)CNCC1CC1C. The molecule has 0 saturated heterocycles. The monoisotopic (exact) mass is 214 g/mol. The van der Waals surface area contributed by atoms with Crippen LogP contribution in [0, 0.1) is 11.8 Å². The number of hydrogen-bond donors (Lipinski definition) is 2. The zero-order valence-electron chi connectivity index (χ0n) is 9.88. The molecule has 4 heteroatoms. The lowest BCUT2D eigenvalue weighted by Crippen LogP contribution is -2.41. The second-order valence-electron chi connectivity index (χ2n) is 4.53. The van der Waals surface area contributed by atoms with Crippen molar-refractivity contribution in [2.75, 3.05) is 26.8 Å². The van der Waals surface area contributed by atoms with Crippen LogP contribution in [-0.4, -0.2) is 38.8 Å². The first-order valence-corrected chi connectivity index (χ1v) is 5.62. The topological polar surface area (TPSA) is 50.4 Å². The fourth-order valence-electron chi connectivity index (χ4n) is 1.67. The molecule has 0 bridgehead atoms. The van der Waals surface area contributed by atoms with Gasteiger partial charge in [-0.2, -0.15) is 0 Å². The van der Waals surface area contributed by atoms with Gasteiger partial charge in [0.05, 0.1) is 13.2 Å². The lowest BCUT2D eigenvalue weighted by molar-refractivity contribution is -0.121. The van der Waals surface area contributed by atoms with Gasteiger partial charge in [0.2, 0.25) is 5.91 Å². The van der Waals surface area contributed by atoms with Crippen LogP contribution >= 0.6 is 0 Å². The fourth-order valence-corrected chi connectivity index (χ4v) is 1.67. The van der Waals surface area contributed by atoms with Gasteiger partial charge in [-0.3, -0.25) is 4.79 Å².